The van der Waals surface area contributed by atoms with Gasteiger partial charge in [-0.25, -0.2) is 0 Å². The van der Waals surface area contributed by atoms with E-state index in [4.69, 9.17) is 39.4 Å². The molecule has 0 saturated carbocycles. The standard InChI is InChI=1S/C19H23Cl2N3O2S.2ClH/c1-4-6-19(3,5-2)26-13-8-11(14-10-15(20)27-16(14)21)7-12(9-13)17(25)24-18(22)23;;/h7-10H,4-6H2,1-3H3,(H4,22,23,24,25);2*1H. The number of aliphatic imine (C=N–C) groups is 1. The van der Waals surface area contributed by atoms with Gasteiger partial charge in [-0.2, -0.15) is 4.99 Å². The molecule has 5 nitrogen and oxygen atoms in total. The van der Waals surface area contributed by atoms with Crippen LogP contribution in [0.3, 0.4) is 0 Å². The van der Waals surface area contributed by atoms with Crippen molar-refractivity contribution in [3.8, 4) is 16.9 Å². The molecule has 1 unspecified atom stereocenters. The van der Waals surface area contributed by atoms with Gasteiger partial charge in [-0.15, -0.1) is 36.2 Å². The Kier molecular flexibility index (Phi) is 11.4. The predicted octanol–water partition coefficient (Wildman–Crippen LogP) is 6.33. The number of carbonyl (C=O) groups excluding carboxylic acids is 1. The molecular weight excluding hydrogens is 476 g/mol. The van der Waals surface area contributed by atoms with Crippen LogP contribution in [0.2, 0.25) is 8.67 Å². The maximum atomic E-state index is 12.4. The highest BCUT2D eigenvalue weighted by molar-refractivity contribution is 7.20. The smallest absolute Gasteiger partial charge is 0.280 e. The van der Waals surface area contributed by atoms with Crippen molar-refractivity contribution in [2.45, 2.75) is 45.6 Å². The fraction of sp³-hybridized carbons (Fsp3) is 0.368. The van der Waals surface area contributed by atoms with Crippen LogP contribution < -0.4 is 16.2 Å². The van der Waals surface area contributed by atoms with Crippen LogP contribution in [0.15, 0.2) is 29.3 Å². The molecule has 1 heterocycles. The maximum absolute atomic E-state index is 12.4. The van der Waals surface area contributed by atoms with Gasteiger partial charge in [0, 0.05) is 11.1 Å². The molecule has 0 bridgehead atoms. The molecule has 2 rings (SSSR count). The molecule has 0 aliphatic heterocycles. The van der Waals surface area contributed by atoms with Crippen LogP contribution in [-0.2, 0) is 0 Å². The third-order valence-corrected chi connectivity index (χ3v) is 5.73. The number of guanidine groups is 1. The van der Waals surface area contributed by atoms with E-state index in [1.807, 2.05) is 6.07 Å². The lowest BCUT2D eigenvalue weighted by atomic mass is 9.97. The molecule has 1 atom stereocenters. The van der Waals surface area contributed by atoms with Crippen LogP contribution in [0.1, 0.15) is 50.4 Å². The molecule has 29 heavy (non-hydrogen) atoms. The first-order valence-electron chi connectivity index (χ1n) is 8.60. The topological polar surface area (TPSA) is 90.7 Å². The largest absolute Gasteiger partial charge is 0.488 e. The van der Waals surface area contributed by atoms with Gasteiger partial charge in [0.15, 0.2) is 5.96 Å². The average Bonchev–Trinajstić information content (AvgIpc) is 2.92. The summed E-state index contributed by atoms with van der Waals surface area (Å²) in [5.74, 6) is -0.292. The number of thiophene rings is 1. The molecule has 0 fully saturated rings. The predicted molar refractivity (Wildman–Crippen MR) is 129 cm³/mol. The van der Waals surface area contributed by atoms with E-state index in [-0.39, 0.29) is 36.4 Å². The third kappa shape index (κ3) is 7.54. The number of hydrogen-bond acceptors (Lipinski definition) is 3. The van der Waals surface area contributed by atoms with Gasteiger partial charge in [0.25, 0.3) is 5.91 Å². The molecule has 162 valence electrons. The second kappa shape index (κ2) is 11.9. The normalized spacial score (nSPS) is 12.2. The van der Waals surface area contributed by atoms with Gasteiger partial charge >= 0.3 is 0 Å². The Morgan fingerprint density at radius 3 is 2.31 bits per heavy atom. The number of benzene rings is 1. The summed E-state index contributed by atoms with van der Waals surface area (Å²) in [5, 5.41) is 0. The zero-order chi connectivity index (χ0) is 20.2. The minimum Gasteiger partial charge on any atom is -0.488 e. The number of nitrogens with zero attached hydrogens (tertiary/aromatic N) is 1. The molecule has 0 saturated heterocycles. The van der Waals surface area contributed by atoms with E-state index in [9.17, 15) is 4.79 Å². The van der Waals surface area contributed by atoms with Gasteiger partial charge < -0.3 is 16.2 Å². The summed E-state index contributed by atoms with van der Waals surface area (Å²) in [6, 6.07) is 6.92. The van der Waals surface area contributed by atoms with Gasteiger partial charge in [-0.1, -0.05) is 43.5 Å². The summed E-state index contributed by atoms with van der Waals surface area (Å²) in [6.45, 7) is 6.23. The van der Waals surface area contributed by atoms with Crippen LogP contribution in [0.5, 0.6) is 5.75 Å². The lowest BCUT2D eigenvalue weighted by molar-refractivity contribution is 0.0738. The first-order valence-corrected chi connectivity index (χ1v) is 10.2. The zero-order valence-corrected chi connectivity index (χ0v) is 20.3. The van der Waals surface area contributed by atoms with Crippen molar-refractivity contribution in [1.29, 1.82) is 0 Å². The Labute approximate surface area is 197 Å². The van der Waals surface area contributed by atoms with Crippen molar-refractivity contribution >= 4 is 71.2 Å². The van der Waals surface area contributed by atoms with E-state index in [0.717, 1.165) is 24.8 Å². The number of hydrogen-bond donors (Lipinski definition) is 2. The molecule has 10 heteroatoms. The zero-order valence-electron chi connectivity index (χ0n) is 16.3. The fourth-order valence-corrected chi connectivity index (χ4v) is 4.28. The molecule has 1 amide bonds. The Morgan fingerprint density at radius 1 is 1.17 bits per heavy atom. The van der Waals surface area contributed by atoms with Crippen LogP contribution in [0.25, 0.3) is 11.1 Å². The van der Waals surface area contributed by atoms with Crippen LogP contribution in [-0.4, -0.2) is 17.5 Å². The Balaban J connectivity index is 0.00000392. The number of rotatable bonds is 7. The number of ether oxygens (including phenoxy) is 1. The first kappa shape index (κ1) is 27.8. The van der Waals surface area contributed by atoms with Gasteiger partial charge in [0.1, 0.15) is 15.7 Å². The van der Waals surface area contributed by atoms with E-state index in [1.165, 1.54) is 11.3 Å². The Hall–Kier alpha value is -1.18. The summed E-state index contributed by atoms with van der Waals surface area (Å²) >= 11 is 13.6. The maximum Gasteiger partial charge on any atom is 0.280 e. The molecule has 1 aromatic carbocycles. The minimum atomic E-state index is -0.548. The molecule has 0 spiro atoms. The summed E-state index contributed by atoms with van der Waals surface area (Å²) < 4.78 is 7.35. The Morgan fingerprint density at radius 2 is 1.83 bits per heavy atom. The lowest BCUT2D eigenvalue weighted by Crippen LogP contribution is -2.31. The van der Waals surface area contributed by atoms with E-state index < -0.39 is 5.91 Å². The van der Waals surface area contributed by atoms with Gasteiger partial charge in [0.05, 0.1) is 4.34 Å². The van der Waals surface area contributed by atoms with E-state index in [0.29, 0.717) is 25.5 Å². The van der Waals surface area contributed by atoms with Crippen molar-refractivity contribution in [2.75, 3.05) is 0 Å². The number of amides is 1. The van der Waals surface area contributed by atoms with E-state index >= 15 is 0 Å². The summed E-state index contributed by atoms with van der Waals surface area (Å²) in [5.41, 5.74) is 12.1. The number of nitrogens with two attached hydrogens (primary N) is 2. The summed E-state index contributed by atoms with van der Waals surface area (Å²) in [7, 11) is 0. The highest BCUT2D eigenvalue weighted by atomic mass is 35.5. The highest BCUT2D eigenvalue weighted by Crippen LogP contribution is 2.40. The quantitative estimate of drug-likeness (QED) is 0.343. The SMILES string of the molecule is CCCC(C)(CC)Oc1cc(C(=O)N=C(N)N)cc(-c2cc(Cl)sc2Cl)c1.Cl.Cl. The van der Waals surface area contributed by atoms with E-state index in [2.05, 4.69) is 25.8 Å². The monoisotopic (exact) mass is 499 g/mol. The van der Waals surface area contributed by atoms with Crippen LogP contribution in [0, 0.1) is 0 Å². The lowest BCUT2D eigenvalue weighted by Gasteiger charge is -2.29. The first-order chi connectivity index (χ1) is 12.7. The molecular formula is C19H25Cl4N3O2S. The number of halogens is 4. The second-order valence-electron chi connectivity index (χ2n) is 6.48. The summed E-state index contributed by atoms with van der Waals surface area (Å²) in [4.78, 5) is 16.0. The van der Waals surface area contributed by atoms with Crippen molar-refractivity contribution in [2.24, 2.45) is 16.5 Å². The van der Waals surface area contributed by atoms with Crippen LogP contribution >= 0.6 is 59.4 Å². The number of carbonyl (C=O) groups is 1. The molecule has 0 aliphatic carbocycles. The van der Waals surface area contributed by atoms with Gasteiger partial charge in [-0.05, 0) is 49.6 Å². The average molecular weight is 501 g/mol. The molecule has 4 N–H and O–H groups in total. The highest BCUT2D eigenvalue weighted by Gasteiger charge is 2.24. The fourth-order valence-electron chi connectivity index (χ4n) is 2.77. The minimum absolute atomic E-state index is 0. The van der Waals surface area contributed by atoms with Crippen molar-refractivity contribution in [1.82, 2.24) is 0 Å². The van der Waals surface area contributed by atoms with Gasteiger partial charge in [-0.3, -0.25) is 4.79 Å². The molecule has 0 radical (unpaired) electrons. The van der Waals surface area contributed by atoms with E-state index in [1.54, 1.807) is 18.2 Å². The molecule has 0 aliphatic rings. The second-order valence-corrected chi connectivity index (χ2v) is 8.77. The molecule has 1 aromatic heterocycles. The third-order valence-electron chi connectivity index (χ3n) is 4.24. The Bertz CT molecular complexity index is 869. The van der Waals surface area contributed by atoms with Crippen molar-refractivity contribution < 1.29 is 9.53 Å². The summed E-state index contributed by atoms with van der Waals surface area (Å²) in [6.07, 6.45) is 2.69. The van der Waals surface area contributed by atoms with Crippen LogP contribution in [0.4, 0.5) is 0 Å². The molecule has 2 aromatic rings. The van der Waals surface area contributed by atoms with Gasteiger partial charge in [0.2, 0.25) is 0 Å². The van der Waals surface area contributed by atoms with Crippen molar-refractivity contribution in [3.63, 3.8) is 0 Å². The van der Waals surface area contributed by atoms with Crippen molar-refractivity contribution in [3.05, 3.63) is 38.5 Å².